The monoisotopic (exact) mass is 294 g/mol. The predicted molar refractivity (Wildman–Crippen MR) is 62.8 cm³/mol. The molecule has 0 bridgehead atoms. The average molecular weight is 296 g/mol. The summed E-state index contributed by atoms with van der Waals surface area (Å²) in [5.74, 6) is 1.07. The van der Waals surface area contributed by atoms with Gasteiger partial charge in [-0.1, -0.05) is 11.6 Å². The third kappa shape index (κ3) is 3.26. The first-order valence-corrected chi connectivity index (χ1v) is 5.60. The fraction of sp³-hybridized carbons (Fsp3) is 0.400. The van der Waals surface area contributed by atoms with Gasteiger partial charge in [0.2, 0.25) is 0 Å². The summed E-state index contributed by atoms with van der Waals surface area (Å²) in [5.41, 5.74) is 0. The van der Waals surface area contributed by atoms with Crippen molar-refractivity contribution in [2.75, 3.05) is 20.5 Å². The smallest absolute Gasteiger partial charge is 0.189 e. The van der Waals surface area contributed by atoms with E-state index in [2.05, 4.69) is 15.9 Å². The number of hydrogen-bond donors (Lipinski definition) is 0. The summed E-state index contributed by atoms with van der Waals surface area (Å²) in [7, 11) is 1.56. The lowest BCUT2D eigenvalue weighted by Crippen LogP contribution is -2.04. The van der Waals surface area contributed by atoms with Gasteiger partial charge in [-0.15, -0.1) is 0 Å². The summed E-state index contributed by atoms with van der Waals surface area (Å²) in [6.07, 6.45) is 0. The van der Waals surface area contributed by atoms with E-state index in [1.54, 1.807) is 19.2 Å². The van der Waals surface area contributed by atoms with Gasteiger partial charge in [0.05, 0.1) is 7.11 Å². The Balaban J connectivity index is 2.86. The first kappa shape index (κ1) is 12.6. The van der Waals surface area contributed by atoms with Gasteiger partial charge in [0.1, 0.15) is 5.02 Å². The van der Waals surface area contributed by atoms with Gasteiger partial charge in [-0.2, -0.15) is 0 Å². The minimum atomic E-state index is 0.156. The standard InChI is InChI=1S/C10H12BrClO3/c1-3-14-6-15-10-8(13-2)5-4-7(11)9(10)12/h4-5H,3,6H2,1-2H3. The van der Waals surface area contributed by atoms with Crippen molar-refractivity contribution in [3.63, 3.8) is 0 Å². The lowest BCUT2D eigenvalue weighted by atomic mass is 10.3. The number of ether oxygens (including phenoxy) is 3. The highest BCUT2D eigenvalue weighted by Crippen LogP contribution is 2.39. The zero-order valence-corrected chi connectivity index (χ0v) is 10.9. The summed E-state index contributed by atoms with van der Waals surface area (Å²) >= 11 is 9.36. The molecule has 3 nitrogen and oxygen atoms in total. The van der Waals surface area contributed by atoms with Gasteiger partial charge in [-0.25, -0.2) is 0 Å². The van der Waals surface area contributed by atoms with Crippen LogP contribution in [0.2, 0.25) is 5.02 Å². The van der Waals surface area contributed by atoms with Crippen LogP contribution in [0.3, 0.4) is 0 Å². The Morgan fingerprint density at radius 1 is 1.40 bits per heavy atom. The predicted octanol–water partition coefficient (Wildman–Crippen LogP) is 3.48. The number of benzene rings is 1. The van der Waals surface area contributed by atoms with E-state index in [1.165, 1.54) is 0 Å². The molecular formula is C10H12BrClO3. The van der Waals surface area contributed by atoms with E-state index >= 15 is 0 Å². The second-order valence-electron chi connectivity index (χ2n) is 2.65. The fourth-order valence-corrected chi connectivity index (χ4v) is 1.52. The molecular weight excluding hydrogens is 283 g/mol. The van der Waals surface area contributed by atoms with E-state index in [1.807, 2.05) is 6.92 Å². The third-order valence-electron chi connectivity index (χ3n) is 1.72. The molecule has 0 aliphatic rings. The number of hydrogen-bond acceptors (Lipinski definition) is 3. The number of halogens is 2. The molecule has 0 unspecified atom stereocenters. The molecule has 0 atom stereocenters. The second-order valence-corrected chi connectivity index (χ2v) is 3.88. The van der Waals surface area contributed by atoms with Gasteiger partial charge >= 0.3 is 0 Å². The summed E-state index contributed by atoms with van der Waals surface area (Å²) < 4.78 is 16.3. The maximum absolute atomic E-state index is 6.05. The van der Waals surface area contributed by atoms with Crippen LogP contribution >= 0.6 is 27.5 Å². The van der Waals surface area contributed by atoms with Crippen molar-refractivity contribution >= 4 is 27.5 Å². The lowest BCUT2D eigenvalue weighted by Gasteiger charge is -2.12. The van der Waals surface area contributed by atoms with Gasteiger partial charge in [0.15, 0.2) is 18.3 Å². The maximum atomic E-state index is 6.05. The van der Waals surface area contributed by atoms with Crippen LogP contribution in [0, 0.1) is 0 Å². The Morgan fingerprint density at radius 3 is 2.73 bits per heavy atom. The minimum absolute atomic E-state index is 0.156. The van der Waals surface area contributed by atoms with Crippen molar-refractivity contribution in [1.29, 1.82) is 0 Å². The zero-order valence-electron chi connectivity index (χ0n) is 8.55. The number of rotatable bonds is 5. The molecule has 0 heterocycles. The highest BCUT2D eigenvalue weighted by atomic mass is 79.9. The molecule has 0 saturated heterocycles. The van der Waals surface area contributed by atoms with E-state index in [0.29, 0.717) is 23.1 Å². The molecule has 0 aliphatic carbocycles. The van der Waals surface area contributed by atoms with Gasteiger partial charge in [-0.3, -0.25) is 0 Å². The molecule has 5 heteroatoms. The van der Waals surface area contributed by atoms with Crippen molar-refractivity contribution < 1.29 is 14.2 Å². The molecule has 0 fully saturated rings. The van der Waals surface area contributed by atoms with Crippen molar-refractivity contribution in [3.05, 3.63) is 21.6 Å². The molecule has 0 aromatic heterocycles. The molecule has 0 saturated carbocycles. The van der Waals surface area contributed by atoms with Gasteiger partial charge in [0.25, 0.3) is 0 Å². The number of methoxy groups -OCH3 is 1. The summed E-state index contributed by atoms with van der Waals surface area (Å²) in [5, 5.41) is 0.481. The Hall–Kier alpha value is -0.450. The topological polar surface area (TPSA) is 27.7 Å². The second kappa shape index (κ2) is 6.20. The quantitative estimate of drug-likeness (QED) is 0.615. The maximum Gasteiger partial charge on any atom is 0.189 e. The zero-order chi connectivity index (χ0) is 11.3. The molecule has 1 aromatic carbocycles. The van der Waals surface area contributed by atoms with E-state index < -0.39 is 0 Å². The Morgan fingerprint density at radius 2 is 2.13 bits per heavy atom. The van der Waals surface area contributed by atoms with Crippen LogP contribution in [0.5, 0.6) is 11.5 Å². The van der Waals surface area contributed by atoms with E-state index in [-0.39, 0.29) is 6.79 Å². The first-order valence-electron chi connectivity index (χ1n) is 4.43. The molecule has 0 amide bonds. The van der Waals surface area contributed by atoms with Crippen molar-refractivity contribution in [1.82, 2.24) is 0 Å². The van der Waals surface area contributed by atoms with Crippen LogP contribution in [0.15, 0.2) is 16.6 Å². The largest absolute Gasteiger partial charge is 0.493 e. The van der Waals surface area contributed by atoms with Crippen molar-refractivity contribution in [2.24, 2.45) is 0 Å². The van der Waals surface area contributed by atoms with Crippen LogP contribution in [-0.2, 0) is 4.74 Å². The van der Waals surface area contributed by atoms with Crippen LogP contribution in [-0.4, -0.2) is 20.5 Å². The Kier molecular flexibility index (Phi) is 5.22. The van der Waals surface area contributed by atoms with Gasteiger partial charge < -0.3 is 14.2 Å². The van der Waals surface area contributed by atoms with Crippen molar-refractivity contribution in [2.45, 2.75) is 6.92 Å². The Bertz CT molecular complexity index is 331. The van der Waals surface area contributed by atoms with E-state index in [9.17, 15) is 0 Å². The molecule has 0 N–H and O–H groups in total. The summed E-state index contributed by atoms with van der Waals surface area (Å²) in [6.45, 7) is 2.64. The molecule has 1 aromatic rings. The van der Waals surface area contributed by atoms with Crippen LogP contribution in [0.25, 0.3) is 0 Å². The molecule has 84 valence electrons. The molecule has 15 heavy (non-hydrogen) atoms. The molecule has 1 rings (SSSR count). The normalized spacial score (nSPS) is 10.1. The van der Waals surface area contributed by atoms with E-state index in [0.717, 1.165) is 4.47 Å². The highest BCUT2D eigenvalue weighted by Gasteiger charge is 2.12. The van der Waals surface area contributed by atoms with Crippen LogP contribution in [0.1, 0.15) is 6.92 Å². The SMILES string of the molecule is CCOCOc1c(OC)ccc(Br)c1Cl. The molecule has 0 radical (unpaired) electrons. The minimum Gasteiger partial charge on any atom is -0.493 e. The van der Waals surface area contributed by atoms with E-state index in [4.69, 9.17) is 25.8 Å². The van der Waals surface area contributed by atoms with Crippen molar-refractivity contribution in [3.8, 4) is 11.5 Å². The molecule has 0 spiro atoms. The summed E-state index contributed by atoms with van der Waals surface area (Å²) in [4.78, 5) is 0. The molecule has 0 aliphatic heterocycles. The van der Waals surface area contributed by atoms with Gasteiger partial charge in [0, 0.05) is 11.1 Å². The third-order valence-corrected chi connectivity index (χ3v) is 2.99. The van der Waals surface area contributed by atoms with Crippen LogP contribution in [0.4, 0.5) is 0 Å². The first-order chi connectivity index (χ1) is 7.20. The lowest BCUT2D eigenvalue weighted by molar-refractivity contribution is 0.0209. The highest BCUT2D eigenvalue weighted by molar-refractivity contribution is 9.10. The summed E-state index contributed by atoms with van der Waals surface area (Å²) in [6, 6.07) is 3.58. The average Bonchev–Trinajstić information content (AvgIpc) is 2.25. The fourth-order valence-electron chi connectivity index (χ4n) is 0.993. The Labute approximate surface area is 102 Å². The van der Waals surface area contributed by atoms with Gasteiger partial charge in [-0.05, 0) is 35.0 Å². The van der Waals surface area contributed by atoms with Crippen LogP contribution < -0.4 is 9.47 Å².